The topological polar surface area (TPSA) is 112 Å². The summed E-state index contributed by atoms with van der Waals surface area (Å²) in [5.74, 6) is -2.69. The summed E-state index contributed by atoms with van der Waals surface area (Å²) in [6.07, 6.45) is 9.67. The van der Waals surface area contributed by atoms with Crippen LogP contribution in [0.25, 0.3) is 0 Å². The zero-order chi connectivity index (χ0) is 16.8. The first kappa shape index (κ1) is 17.9. The van der Waals surface area contributed by atoms with E-state index in [1.807, 2.05) is 0 Å². The Morgan fingerprint density at radius 3 is 2.09 bits per heavy atom. The largest absolute Gasteiger partial charge is 0.481 e. The molecule has 122 valence electrons. The summed E-state index contributed by atoms with van der Waals surface area (Å²) in [4.78, 5) is 31.7. The molecule has 2 aliphatic carbocycles. The second kappa shape index (κ2) is 7.77. The molecule has 1 saturated carbocycles. The van der Waals surface area contributed by atoms with E-state index in [0.29, 0.717) is 0 Å². The molecule has 0 saturated heterocycles. The molecule has 0 aliphatic heterocycles. The van der Waals surface area contributed by atoms with Crippen LogP contribution in [0.1, 0.15) is 45.4 Å². The van der Waals surface area contributed by atoms with Gasteiger partial charge >= 0.3 is 17.9 Å². The van der Waals surface area contributed by atoms with Gasteiger partial charge < -0.3 is 15.3 Å². The maximum absolute atomic E-state index is 10.8. The van der Waals surface area contributed by atoms with Gasteiger partial charge in [0, 0.05) is 5.57 Å². The van der Waals surface area contributed by atoms with Gasteiger partial charge in [0.25, 0.3) is 0 Å². The maximum atomic E-state index is 10.8. The van der Waals surface area contributed by atoms with E-state index in [2.05, 4.69) is 0 Å². The van der Waals surface area contributed by atoms with Crippen molar-refractivity contribution in [3.8, 4) is 0 Å². The maximum Gasteiger partial charge on any atom is 0.331 e. The number of carboxylic acids is 3. The highest BCUT2D eigenvalue weighted by Crippen LogP contribution is 2.31. The lowest BCUT2D eigenvalue weighted by Crippen LogP contribution is -2.28. The highest BCUT2D eigenvalue weighted by molar-refractivity contribution is 5.90. The molecule has 0 heterocycles. The van der Waals surface area contributed by atoms with Crippen LogP contribution in [0.4, 0.5) is 0 Å². The van der Waals surface area contributed by atoms with Crippen LogP contribution in [0.3, 0.4) is 0 Å². The molecule has 0 aromatic carbocycles. The summed E-state index contributed by atoms with van der Waals surface area (Å²) in [6, 6.07) is 0. The molecule has 0 radical (unpaired) electrons. The van der Waals surface area contributed by atoms with Gasteiger partial charge in [0.15, 0.2) is 0 Å². The number of hydrogen-bond donors (Lipinski definition) is 3. The van der Waals surface area contributed by atoms with Crippen molar-refractivity contribution >= 4 is 17.9 Å². The molecule has 0 amide bonds. The molecular weight excluding hydrogens is 288 g/mol. The van der Waals surface area contributed by atoms with Crippen LogP contribution in [0.5, 0.6) is 0 Å². The fraction of sp³-hybridized carbons (Fsp3) is 0.562. The zero-order valence-corrected chi connectivity index (χ0v) is 12.6. The monoisotopic (exact) mass is 310 g/mol. The Labute approximate surface area is 129 Å². The van der Waals surface area contributed by atoms with E-state index >= 15 is 0 Å². The Balaban J connectivity index is 0.000000235. The van der Waals surface area contributed by atoms with Crippen molar-refractivity contribution in [1.82, 2.24) is 0 Å². The van der Waals surface area contributed by atoms with Gasteiger partial charge in [0.1, 0.15) is 0 Å². The average Bonchev–Trinajstić information content (AvgIpc) is 2.48. The third kappa shape index (κ3) is 5.02. The molecule has 1 atom stereocenters. The summed E-state index contributed by atoms with van der Waals surface area (Å²) in [5, 5.41) is 26.0. The van der Waals surface area contributed by atoms with E-state index in [4.69, 9.17) is 15.3 Å². The van der Waals surface area contributed by atoms with Gasteiger partial charge in [-0.15, -0.1) is 0 Å². The van der Waals surface area contributed by atoms with Gasteiger partial charge in [0.2, 0.25) is 0 Å². The highest BCUT2D eigenvalue weighted by atomic mass is 16.4. The van der Waals surface area contributed by atoms with Crippen LogP contribution < -0.4 is 0 Å². The minimum Gasteiger partial charge on any atom is -0.481 e. The van der Waals surface area contributed by atoms with Gasteiger partial charge in [-0.05, 0) is 26.2 Å². The van der Waals surface area contributed by atoms with Crippen molar-refractivity contribution in [2.75, 3.05) is 0 Å². The van der Waals surface area contributed by atoms with Gasteiger partial charge in [-0.25, -0.2) is 4.79 Å². The summed E-state index contributed by atoms with van der Waals surface area (Å²) >= 11 is 0. The van der Waals surface area contributed by atoms with E-state index < -0.39 is 23.3 Å². The molecule has 0 aromatic heterocycles. The van der Waals surface area contributed by atoms with Crippen LogP contribution in [0, 0.1) is 11.3 Å². The van der Waals surface area contributed by atoms with Crippen molar-refractivity contribution in [1.29, 1.82) is 0 Å². The van der Waals surface area contributed by atoms with Crippen LogP contribution in [0.15, 0.2) is 23.8 Å². The van der Waals surface area contributed by atoms with Crippen LogP contribution >= 0.6 is 0 Å². The van der Waals surface area contributed by atoms with E-state index in [-0.39, 0.29) is 17.9 Å². The Morgan fingerprint density at radius 1 is 1.09 bits per heavy atom. The molecule has 3 N–H and O–H groups in total. The summed E-state index contributed by atoms with van der Waals surface area (Å²) < 4.78 is 0. The Hall–Kier alpha value is -2.11. The second-order valence-electron chi connectivity index (χ2n) is 5.93. The van der Waals surface area contributed by atoms with Crippen molar-refractivity contribution < 1.29 is 29.7 Å². The third-order valence-electron chi connectivity index (χ3n) is 4.04. The van der Waals surface area contributed by atoms with E-state index in [9.17, 15) is 14.4 Å². The van der Waals surface area contributed by atoms with E-state index in [1.165, 1.54) is 31.6 Å². The van der Waals surface area contributed by atoms with Crippen LogP contribution in [-0.4, -0.2) is 33.2 Å². The first-order valence-corrected chi connectivity index (χ1v) is 7.34. The molecule has 1 unspecified atom stereocenters. The Bertz CT molecular complexity index is 499. The van der Waals surface area contributed by atoms with Crippen molar-refractivity contribution in [3.05, 3.63) is 23.8 Å². The van der Waals surface area contributed by atoms with E-state index in [1.54, 1.807) is 0 Å². The molecule has 0 spiro atoms. The molecule has 1 fully saturated rings. The fourth-order valence-electron chi connectivity index (χ4n) is 2.53. The lowest BCUT2D eigenvalue weighted by atomic mass is 9.80. The number of carboxylic acid groups (broad SMARTS) is 3. The smallest absolute Gasteiger partial charge is 0.331 e. The van der Waals surface area contributed by atoms with Crippen molar-refractivity contribution in [2.24, 2.45) is 11.3 Å². The van der Waals surface area contributed by atoms with Crippen LogP contribution in [0.2, 0.25) is 0 Å². The minimum atomic E-state index is -1.08. The molecular formula is C16H22O6. The van der Waals surface area contributed by atoms with Gasteiger partial charge in [0.05, 0.1) is 11.3 Å². The fourth-order valence-corrected chi connectivity index (χ4v) is 2.53. The summed E-state index contributed by atoms with van der Waals surface area (Å²) in [7, 11) is 0. The first-order chi connectivity index (χ1) is 10.3. The molecule has 0 aromatic rings. The predicted octanol–water partition coefficient (Wildman–Crippen LogP) is 2.70. The Morgan fingerprint density at radius 2 is 1.68 bits per heavy atom. The number of hydrogen-bond acceptors (Lipinski definition) is 3. The molecule has 6 nitrogen and oxygen atoms in total. The zero-order valence-electron chi connectivity index (χ0n) is 12.6. The predicted molar refractivity (Wildman–Crippen MR) is 79.4 cm³/mol. The summed E-state index contributed by atoms with van der Waals surface area (Å²) in [5.41, 5.74) is -0.949. The van der Waals surface area contributed by atoms with Crippen LogP contribution in [-0.2, 0) is 14.4 Å². The van der Waals surface area contributed by atoms with Gasteiger partial charge in [-0.1, -0.05) is 37.5 Å². The number of aliphatic carboxylic acids is 3. The average molecular weight is 310 g/mol. The van der Waals surface area contributed by atoms with Gasteiger partial charge in [-0.2, -0.15) is 0 Å². The number of rotatable bonds is 3. The summed E-state index contributed by atoms with van der Waals surface area (Å²) in [6.45, 7) is 1.50. The molecule has 2 aliphatic rings. The normalized spacial score (nSPS) is 24.7. The molecule has 2 rings (SSSR count). The standard InChI is InChI=1S/C9H10O4.C7H12O2/c1-9(8(12)13)4-2-3-6(5-9)7(10)11;8-7(9)6-4-2-1-3-5-6/h2-4H,5H2,1H3,(H,10,11)(H,12,13);6H,1-5H2,(H,8,9). The lowest BCUT2D eigenvalue weighted by Gasteiger charge is -2.23. The number of carbonyl (C=O) groups is 3. The third-order valence-corrected chi connectivity index (χ3v) is 4.04. The van der Waals surface area contributed by atoms with Gasteiger partial charge in [-0.3, -0.25) is 9.59 Å². The lowest BCUT2D eigenvalue weighted by molar-refractivity contribution is -0.145. The quantitative estimate of drug-likeness (QED) is 0.739. The number of allylic oxidation sites excluding steroid dienone is 2. The second-order valence-corrected chi connectivity index (χ2v) is 5.93. The van der Waals surface area contributed by atoms with Crippen molar-refractivity contribution in [3.63, 3.8) is 0 Å². The van der Waals surface area contributed by atoms with Crippen molar-refractivity contribution in [2.45, 2.75) is 45.4 Å². The minimum absolute atomic E-state index is 0.0289. The molecule has 22 heavy (non-hydrogen) atoms. The molecule has 0 bridgehead atoms. The SMILES string of the molecule is CC1(C(=O)O)C=CC=C(C(=O)O)C1.O=C(O)C1CCCCC1. The molecule has 6 heteroatoms. The first-order valence-electron chi connectivity index (χ1n) is 7.34. The highest BCUT2D eigenvalue weighted by Gasteiger charge is 2.34. The Kier molecular flexibility index (Phi) is 6.34. The van der Waals surface area contributed by atoms with E-state index in [0.717, 1.165) is 25.7 Å².